The molecule has 0 bridgehead atoms. The van der Waals surface area contributed by atoms with Gasteiger partial charge in [-0.3, -0.25) is 0 Å². The van der Waals surface area contributed by atoms with Crippen molar-refractivity contribution >= 4 is 5.69 Å². The largest absolute Gasteiger partial charge is 0.490 e. The van der Waals surface area contributed by atoms with E-state index in [9.17, 15) is 0 Å². The van der Waals surface area contributed by atoms with E-state index in [0.717, 1.165) is 18.8 Å². The quantitative estimate of drug-likeness (QED) is 0.736. The highest BCUT2D eigenvalue weighted by atomic mass is 16.5. The van der Waals surface area contributed by atoms with Crippen LogP contribution in [0.1, 0.15) is 6.42 Å². The molecule has 0 aliphatic carbocycles. The molecular weight excluding hydrogens is 202 g/mol. The number of rotatable bonds is 6. The van der Waals surface area contributed by atoms with Crippen molar-refractivity contribution in [3.63, 3.8) is 0 Å². The number of hydrogen-bond donors (Lipinski definition) is 1. The molecule has 1 aromatic rings. The fourth-order valence-electron chi connectivity index (χ4n) is 1.28. The lowest BCUT2D eigenvalue weighted by Gasteiger charge is -2.15. The molecule has 0 saturated carbocycles. The number of nitrogens with two attached hydrogens (primary N) is 1. The third-order valence-corrected chi connectivity index (χ3v) is 2.25. The number of likely N-dealkylation sites (N-methyl/N-ethyl adjacent to an activating group) is 1. The second kappa shape index (κ2) is 6.70. The molecule has 4 nitrogen and oxygen atoms in total. The van der Waals surface area contributed by atoms with E-state index in [1.54, 1.807) is 0 Å². The summed E-state index contributed by atoms with van der Waals surface area (Å²) >= 11 is 0. The molecule has 0 fully saturated rings. The zero-order chi connectivity index (χ0) is 11.8. The van der Waals surface area contributed by atoms with Gasteiger partial charge in [0.1, 0.15) is 12.4 Å². The van der Waals surface area contributed by atoms with E-state index >= 15 is 0 Å². The SMILES string of the molecule is CN(CCC#N)CCOc1ccccc1N. The van der Waals surface area contributed by atoms with Crippen molar-refractivity contribution in [1.82, 2.24) is 4.90 Å². The highest BCUT2D eigenvalue weighted by molar-refractivity contribution is 5.51. The summed E-state index contributed by atoms with van der Waals surface area (Å²) in [6, 6.07) is 9.55. The van der Waals surface area contributed by atoms with Crippen molar-refractivity contribution in [2.45, 2.75) is 6.42 Å². The van der Waals surface area contributed by atoms with Crippen molar-refractivity contribution in [3.05, 3.63) is 24.3 Å². The van der Waals surface area contributed by atoms with Crippen molar-refractivity contribution in [2.75, 3.05) is 32.5 Å². The van der Waals surface area contributed by atoms with Gasteiger partial charge in [-0.2, -0.15) is 5.26 Å². The van der Waals surface area contributed by atoms with Crippen molar-refractivity contribution in [1.29, 1.82) is 5.26 Å². The van der Waals surface area contributed by atoms with Crippen LogP contribution < -0.4 is 10.5 Å². The zero-order valence-electron chi connectivity index (χ0n) is 9.52. The van der Waals surface area contributed by atoms with Crippen LogP contribution in [0.25, 0.3) is 0 Å². The van der Waals surface area contributed by atoms with E-state index in [1.165, 1.54) is 0 Å². The number of nitrogen functional groups attached to an aromatic ring is 1. The number of ether oxygens (including phenoxy) is 1. The third kappa shape index (κ3) is 4.20. The average molecular weight is 219 g/mol. The highest BCUT2D eigenvalue weighted by Crippen LogP contribution is 2.19. The molecular formula is C12H17N3O. The van der Waals surface area contributed by atoms with Crippen molar-refractivity contribution in [2.24, 2.45) is 0 Å². The maximum Gasteiger partial charge on any atom is 0.142 e. The van der Waals surface area contributed by atoms with Gasteiger partial charge in [0.2, 0.25) is 0 Å². The van der Waals surface area contributed by atoms with Crippen LogP contribution in [-0.4, -0.2) is 31.6 Å². The normalized spacial score (nSPS) is 10.1. The number of anilines is 1. The minimum Gasteiger partial charge on any atom is -0.490 e. The van der Waals surface area contributed by atoms with Gasteiger partial charge in [0.05, 0.1) is 11.8 Å². The van der Waals surface area contributed by atoms with Gasteiger partial charge in [0.15, 0.2) is 0 Å². The molecule has 0 aliphatic heterocycles. The van der Waals surface area contributed by atoms with Gasteiger partial charge in [-0.05, 0) is 19.2 Å². The Morgan fingerprint density at radius 2 is 2.12 bits per heavy atom. The lowest BCUT2D eigenvalue weighted by molar-refractivity contribution is 0.241. The Bertz CT molecular complexity index is 360. The Hall–Kier alpha value is -1.73. The summed E-state index contributed by atoms with van der Waals surface area (Å²) in [4.78, 5) is 2.06. The maximum absolute atomic E-state index is 8.43. The average Bonchev–Trinajstić information content (AvgIpc) is 2.29. The molecule has 2 N–H and O–H groups in total. The monoisotopic (exact) mass is 219 g/mol. The van der Waals surface area contributed by atoms with Crippen LogP contribution in [0, 0.1) is 11.3 Å². The second-order valence-corrected chi connectivity index (χ2v) is 3.60. The first-order valence-electron chi connectivity index (χ1n) is 5.27. The molecule has 0 spiro atoms. The summed E-state index contributed by atoms with van der Waals surface area (Å²) in [6.45, 7) is 2.14. The molecule has 0 saturated heterocycles. The summed E-state index contributed by atoms with van der Waals surface area (Å²) in [5.41, 5.74) is 6.39. The number of nitriles is 1. The molecule has 0 aromatic heterocycles. The van der Waals surface area contributed by atoms with E-state index in [4.69, 9.17) is 15.7 Å². The van der Waals surface area contributed by atoms with E-state index in [0.29, 0.717) is 18.7 Å². The lowest BCUT2D eigenvalue weighted by atomic mass is 10.3. The van der Waals surface area contributed by atoms with Gasteiger partial charge in [-0.15, -0.1) is 0 Å². The van der Waals surface area contributed by atoms with Gasteiger partial charge in [-0.25, -0.2) is 0 Å². The second-order valence-electron chi connectivity index (χ2n) is 3.60. The van der Waals surface area contributed by atoms with Crippen molar-refractivity contribution < 1.29 is 4.74 Å². The van der Waals surface area contributed by atoms with Gasteiger partial charge in [-0.1, -0.05) is 12.1 Å². The van der Waals surface area contributed by atoms with Crippen LogP contribution in [-0.2, 0) is 0 Å². The topological polar surface area (TPSA) is 62.3 Å². The summed E-state index contributed by atoms with van der Waals surface area (Å²) in [5, 5.41) is 8.43. The summed E-state index contributed by atoms with van der Waals surface area (Å²) in [6.07, 6.45) is 0.546. The fraction of sp³-hybridized carbons (Fsp3) is 0.417. The molecule has 0 aliphatic rings. The predicted octanol–water partition coefficient (Wildman–Crippen LogP) is 1.49. The van der Waals surface area contributed by atoms with Crippen LogP contribution in [0.5, 0.6) is 5.75 Å². The molecule has 16 heavy (non-hydrogen) atoms. The summed E-state index contributed by atoms with van der Waals surface area (Å²) in [7, 11) is 1.97. The fourth-order valence-corrected chi connectivity index (χ4v) is 1.28. The molecule has 1 aromatic carbocycles. The number of benzene rings is 1. The predicted molar refractivity (Wildman–Crippen MR) is 64.1 cm³/mol. The standard InChI is InChI=1S/C12H17N3O/c1-15(8-4-7-13)9-10-16-12-6-3-2-5-11(12)14/h2-3,5-6H,4,8-10,14H2,1H3. The minimum atomic E-state index is 0.546. The highest BCUT2D eigenvalue weighted by Gasteiger charge is 2.00. The molecule has 0 atom stereocenters. The Morgan fingerprint density at radius 1 is 1.38 bits per heavy atom. The first-order valence-corrected chi connectivity index (χ1v) is 5.27. The van der Waals surface area contributed by atoms with Crippen LogP contribution >= 0.6 is 0 Å². The smallest absolute Gasteiger partial charge is 0.142 e. The Kier molecular flexibility index (Phi) is 5.17. The van der Waals surface area contributed by atoms with Crippen LogP contribution in [0.15, 0.2) is 24.3 Å². The van der Waals surface area contributed by atoms with E-state index in [-0.39, 0.29) is 0 Å². The Morgan fingerprint density at radius 3 is 2.81 bits per heavy atom. The maximum atomic E-state index is 8.43. The molecule has 1 rings (SSSR count). The summed E-state index contributed by atoms with van der Waals surface area (Å²) < 4.78 is 5.54. The van der Waals surface area contributed by atoms with E-state index < -0.39 is 0 Å². The molecule has 86 valence electrons. The number of para-hydroxylation sites is 2. The first kappa shape index (κ1) is 12.3. The van der Waals surface area contributed by atoms with Gasteiger partial charge in [0, 0.05) is 19.5 Å². The van der Waals surface area contributed by atoms with E-state index in [1.807, 2.05) is 31.3 Å². The molecule has 0 unspecified atom stereocenters. The minimum absolute atomic E-state index is 0.546. The lowest BCUT2D eigenvalue weighted by Crippen LogP contribution is -2.25. The Labute approximate surface area is 96.2 Å². The van der Waals surface area contributed by atoms with Gasteiger partial charge < -0.3 is 15.4 Å². The van der Waals surface area contributed by atoms with Crippen LogP contribution in [0.4, 0.5) is 5.69 Å². The first-order chi connectivity index (χ1) is 7.74. The molecule has 0 amide bonds. The molecule has 4 heteroatoms. The zero-order valence-corrected chi connectivity index (χ0v) is 9.52. The Balaban J connectivity index is 2.26. The van der Waals surface area contributed by atoms with Gasteiger partial charge >= 0.3 is 0 Å². The van der Waals surface area contributed by atoms with Gasteiger partial charge in [0.25, 0.3) is 0 Å². The third-order valence-electron chi connectivity index (χ3n) is 2.25. The number of hydrogen-bond acceptors (Lipinski definition) is 4. The van der Waals surface area contributed by atoms with E-state index in [2.05, 4.69) is 11.0 Å². The van der Waals surface area contributed by atoms with Crippen molar-refractivity contribution in [3.8, 4) is 11.8 Å². The molecule has 0 radical (unpaired) electrons. The van der Waals surface area contributed by atoms with Crippen LogP contribution in [0.3, 0.4) is 0 Å². The summed E-state index contributed by atoms with van der Waals surface area (Å²) in [5.74, 6) is 0.719. The van der Waals surface area contributed by atoms with Crippen LogP contribution in [0.2, 0.25) is 0 Å². The number of nitrogens with zero attached hydrogens (tertiary/aromatic N) is 2. The molecule has 0 heterocycles.